The first-order valence-electron chi connectivity index (χ1n) is 7.37. The molecule has 0 heterocycles. The predicted octanol–water partition coefficient (Wildman–Crippen LogP) is 3.84. The number of hydrogen-bond acceptors (Lipinski definition) is 3. The van der Waals surface area contributed by atoms with E-state index in [0.717, 1.165) is 17.7 Å². The van der Waals surface area contributed by atoms with E-state index in [-0.39, 0.29) is 24.0 Å². The van der Waals surface area contributed by atoms with Crippen LogP contribution in [0.3, 0.4) is 0 Å². The van der Waals surface area contributed by atoms with Gasteiger partial charge in [0.15, 0.2) is 0 Å². The highest BCUT2D eigenvalue weighted by Crippen LogP contribution is 2.24. The van der Waals surface area contributed by atoms with Gasteiger partial charge in [-0.3, -0.25) is 4.79 Å². The van der Waals surface area contributed by atoms with Crippen molar-refractivity contribution < 1.29 is 27.1 Å². The summed E-state index contributed by atoms with van der Waals surface area (Å²) < 4.78 is 52.9. The molecule has 25 heavy (non-hydrogen) atoms. The lowest BCUT2D eigenvalue weighted by Crippen LogP contribution is -2.37. The number of carbonyl (C=O) groups excluding carboxylic acids is 1. The molecule has 2 N–H and O–H groups in total. The molecular formula is C17H16F4N2O2. The summed E-state index contributed by atoms with van der Waals surface area (Å²) in [5.74, 6) is -1.01. The standard InChI is InChI=1S/C17H16F4N2O2/c1-11(16(24)22-10-12-2-4-13(18)5-3-12)23-14-6-8-15(9-7-14)25-17(19,20)21/h2-9,11,23H,10H2,1H3,(H,22,24)/t11-/m1/s1. The van der Waals surface area contributed by atoms with Crippen molar-refractivity contribution >= 4 is 11.6 Å². The molecule has 0 bridgehead atoms. The third-order valence-corrected chi connectivity index (χ3v) is 3.24. The number of benzene rings is 2. The van der Waals surface area contributed by atoms with E-state index in [1.807, 2.05) is 0 Å². The van der Waals surface area contributed by atoms with Gasteiger partial charge in [0.2, 0.25) is 5.91 Å². The molecule has 4 nitrogen and oxygen atoms in total. The first-order chi connectivity index (χ1) is 11.7. The highest BCUT2D eigenvalue weighted by molar-refractivity contribution is 5.84. The lowest BCUT2D eigenvalue weighted by Gasteiger charge is -2.16. The number of nitrogens with one attached hydrogen (secondary N) is 2. The van der Waals surface area contributed by atoms with E-state index in [4.69, 9.17) is 0 Å². The minimum Gasteiger partial charge on any atom is -0.406 e. The summed E-state index contributed by atoms with van der Waals surface area (Å²) in [6, 6.07) is 10.2. The third-order valence-electron chi connectivity index (χ3n) is 3.24. The molecule has 134 valence electrons. The summed E-state index contributed by atoms with van der Waals surface area (Å²) in [6.07, 6.45) is -4.75. The van der Waals surface area contributed by atoms with Crippen LogP contribution in [-0.2, 0) is 11.3 Å². The summed E-state index contributed by atoms with van der Waals surface area (Å²) >= 11 is 0. The van der Waals surface area contributed by atoms with Crippen LogP contribution in [0.1, 0.15) is 12.5 Å². The van der Waals surface area contributed by atoms with Crippen LogP contribution in [0.15, 0.2) is 48.5 Å². The fraction of sp³-hybridized carbons (Fsp3) is 0.235. The quantitative estimate of drug-likeness (QED) is 0.773. The summed E-state index contributed by atoms with van der Waals surface area (Å²) in [4.78, 5) is 12.0. The first-order valence-corrected chi connectivity index (χ1v) is 7.37. The number of alkyl halides is 3. The predicted molar refractivity (Wildman–Crippen MR) is 84.5 cm³/mol. The molecule has 0 fully saturated rings. The second kappa shape index (κ2) is 7.87. The SMILES string of the molecule is C[C@@H](Nc1ccc(OC(F)(F)F)cc1)C(=O)NCc1ccc(F)cc1. The molecule has 0 aromatic heterocycles. The first kappa shape index (κ1) is 18.6. The van der Waals surface area contributed by atoms with Crippen LogP contribution in [0.4, 0.5) is 23.2 Å². The zero-order chi connectivity index (χ0) is 18.4. The minimum atomic E-state index is -4.75. The van der Waals surface area contributed by atoms with Gasteiger partial charge in [-0.25, -0.2) is 4.39 Å². The second-order valence-electron chi connectivity index (χ2n) is 5.28. The number of amides is 1. The molecule has 0 aliphatic heterocycles. The molecule has 2 aromatic carbocycles. The summed E-state index contributed by atoms with van der Waals surface area (Å²) in [6.45, 7) is 1.85. The number of hydrogen-bond donors (Lipinski definition) is 2. The van der Waals surface area contributed by atoms with E-state index < -0.39 is 12.4 Å². The smallest absolute Gasteiger partial charge is 0.406 e. The second-order valence-corrected chi connectivity index (χ2v) is 5.28. The molecule has 1 amide bonds. The number of carbonyl (C=O) groups is 1. The Bertz CT molecular complexity index is 700. The Kier molecular flexibility index (Phi) is 5.84. The number of anilines is 1. The van der Waals surface area contributed by atoms with Crippen LogP contribution in [0, 0.1) is 5.82 Å². The Labute approximate surface area is 141 Å². The fourth-order valence-electron chi connectivity index (χ4n) is 2.01. The Balaban J connectivity index is 1.84. The average molecular weight is 356 g/mol. The van der Waals surface area contributed by atoms with Gasteiger partial charge in [0.1, 0.15) is 17.6 Å². The number of halogens is 4. The lowest BCUT2D eigenvalue weighted by molar-refractivity contribution is -0.274. The molecule has 0 unspecified atom stereocenters. The summed E-state index contributed by atoms with van der Waals surface area (Å²) in [5.41, 5.74) is 1.22. The molecule has 0 saturated heterocycles. The van der Waals surface area contributed by atoms with Crippen LogP contribution in [0.2, 0.25) is 0 Å². The molecule has 1 atom stereocenters. The minimum absolute atomic E-state index is 0.240. The molecule has 2 rings (SSSR count). The Morgan fingerprint density at radius 2 is 1.68 bits per heavy atom. The normalized spacial score (nSPS) is 12.4. The van der Waals surface area contributed by atoms with Gasteiger partial charge in [0, 0.05) is 12.2 Å². The summed E-state index contributed by atoms with van der Waals surface area (Å²) in [5, 5.41) is 5.55. The van der Waals surface area contributed by atoms with Gasteiger partial charge >= 0.3 is 6.36 Å². The Morgan fingerprint density at radius 3 is 2.24 bits per heavy atom. The molecule has 0 saturated carbocycles. The van der Waals surface area contributed by atoms with E-state index in [9.17, 15) is 22.4 Å². The van der Waals surface area contributed by atoms with Crippen LogP contribution in [0.25, 0.3) is 0 Å². The van der Waals surface area contributed by atoms with Crippen molar-refractivity contribution in [3.05, 3.63) is 59.9 Å². The topological polar surface area (TPSA) is 50.4 Å². The molecule has 0 radical (unpaired) electrons. The van der Waals surface area contributed by atoms with Gasteiger partial charge in [0.25, 0.3) is 0 Å². The molecule has 0 aliphatic rings. The average Bonchev–Trinajstić information content (AvgIpc) is 2.54. The largest absolute Gasteiger partial charge is 0.573 e. The molecule has 0 aliphatic carbocycles. The van der Waals surface area contributed by atoms with Crippen molar-refractivity contribution in [2.45, 2.75) is 25.9 Å². The van der Waals surface area contributed by atoms with E-state index in [2.05, 4.69) is 15.4 Å². The monoisotopic (exact) mass is 356 g/mol. The van der Waals surface area contributed by atoms with Crippen molar-refractivity contribution in [1.82, 2.24) is 5.32 Å². The van der Waals surface area contributed by atoms with Gasteiger partial charge < -0.3 is 15.4 Å². The van der Waals surface area contributed by atoms with Crippen molar-refractivity contribution in [3.8, 4) is 5.75 Å². The van der Waals surface area contributed by atoms with Crippen molar-refractivity contribution in [2.24, 2.45) is 0 Å². The van der Waals surface area contributed by atoms with E-state index in [0.29, 0.717) is 5.69 Å². The Hall–Kier alpha value is -2.77. The van der Waals surface area contributed by atoms with Gasteiger partial charge in [-0.1, -0.05) is 12.1 Å². The molecule has 8 heteroatoms. The summed E-state index contributed by atoms with van der Waals surface area (Å²) in [7, 11) is 0. The van der Waals surface area contributed by atoms with Crippen LogP contribution >= 0.6 is 0 Å². The fourth-order valence-corrected chi connectivity index (χ4v) is 2.01. The molecular weight excluding hydrogens is 340 g/mol. The number of rotatable bonds is 6. The highest BCUT2D eigenvalue weighted by atomic mass is 19.4. The zero-order valence-electron chi connectivity index (χ0n) is 13.2. The van der Waals surface area contributed by atoms with E-state index in [1.165, 1.54) is 24.3 Å². The van der Waals surface area contributed by atoms with Gasteiger partial charge in [-0.15, -0.1) is 13.2 Å². The van der Waals surface area contributed by atoms with Crippen LogP contribution in [0.5, 0.6) is 5.75 Å². The van der Waals surface area contributed by atoms with Gasteiger partial charge in [-0.2, -0.15) is 0 Å². The Morgan fingerprint density at radius 1 is 1.08 bits per heavy atom. The lowest BCUT2D eigenvalue weighted by atomic mass is 10.2. The van der Waals surface area contributed by atoms with Crippen molar-refractivity contribution in [2.75, 3.05) is 5.32 Å². The van der Waals surface area contributed by atoms with Crippen molar-refractivity contribution in [1.29, 1.82) is 0 Å². The van der Waals surface area contributed by atoms with Crippen LogP contribution in [-0.4, -0.2) is 18.3 Å². The maximum atomic E-state index is 12.8. The number of ether oxygens (including phenoxy) is 1. The third kappa shape index (κ3) is 6.33. The maximum Gasteiger partial charge on any atom is 0.573 e. The van der Waals surface area contributed by atoms with Gasteiger partial charge in [0.05, 0.1) is 0 Å². The van der Waals surface area contributed by atoms with E-state index >= 15 is 0 Å². The zero-order valence-corrected chi connectivity index (χ0v) is 13.2. The van der Waals surface area contributed by atoms with E-state index in [1.54, 1.807) is 19.1 Å². The van der Waals surface area contributed by atoms with Gasteiger partial charge in [-0.05, 0) is 48.9 Å². The maximum absolute atomic E-state index is 12.8. The highest BCUT2D eigenvalue weighted by Gasteiger charge is 2.30. The molecule has 0 spiro atoms. The van der Waals surface area contributed by atoms with Crippen LogP contribution < -0.4 is 15.4 Å². The molecule has 2 aromatic rings. The van der Waals surface area contributed by atoms with Crippen molar-refractivity contribution in [3.63, 3.8) is 0 Å².